The summed E-state index contributed by atoms with van der Waals surface area (Å²) < 4.78 is 54.4. The smallest absolute Gasteiger partial charge is 0.336 e. The molecule has 2 aromatic carbocycles. The van der Waals surface area contributed by atoms with Gasteiger partial charge < -0.3 is 4.90 Å². The van der Waals surface area contributed by atoms with Gasteiger partial charge in [-0.2, -0.15) is 18.3 Å². The van der Waals surface area contributed by atoms with Crippen LogP contribution in [0.4, 0.5) is 17.6 Å². The van der Waals surface area contributed by atoms with Crippen molar-refractivity contribution in [3.63, 3.8) is 0 Å². The van der Waals surface area contributed by atoms with Gasteiger partial charge in [-0.15, -0.1) is 0 Å². The number of alkyl halides is 3. The molecule has 0 spiro atoms. The predicted molar refractivity (Wildman–Crippen MR) is 125 cm³/mol. The van der Waals surface area contributed by atoms with Gasteiger partial charge in [0.15, 0.2) is 0 Å². The molecule has 5 nitrogen and oxygen atoms in total. The van der Waals surface area contributed by atoms with E-state index in [1.54, 1.807) is 27.9 Å². The van der Waals surface area contributed by atoms with Crippen LogP contribution in [0.1, 0.15) is 34.2 Å². The monoisotopic (exact) mass is 494 g/mol. The van der Waals surface area contributed by atoms with E-state index in [1.807, 2.05) is 6.92 Å². The first-order chi connectivity index (χ1) is 17.1. The molecule has 0 unspecified atom stereocenters. The molecule has 0 radical (unpaired) electrons. The van der Waals surface area contributed by atoms with Crippen LogP contribution in [0.3, 0.4) is 0 Å². The maximum Gasteiger partial charge on any atom is 0.433 e. The van der Waals surface area contributed by atoms with Crippen molar-refractivity contribution >= 4 is 16.8 Å². The number of fused-ring (bicyclic) bond motifs is 2. The van der Waals surface area contributed by atoms with E-state index in [4.69, 9.17) is 0 Å². The van der Waals surface area contributed by atoms with E-state index in [0.29, 0.717) is 19.0 Å². The lowest BCUT2D eigenvalue weighted by Crippen LogP contribution is -2.35. The Labute approximate surface area is 204 Å². The highest BCUT2D eigenvalue weighted by molar-refractivity contribution is 5.93. The molecule has 0 bridgehead atoms. The molecule has 3 heterocycles. The highest BCUT2D eigenvalue weighted by Gasteiger charge is 2.68. The lowest BCUT2D eigenvalue weighted by molar-refractivity contribution is -0.141. The molecular formula is C27H22F4N4O. The molecule has 1 saturated heterocycles. The third-order valence-electron chi connectivity index (χ3n) is 7.87. The molecule has 2 fully saturated rings. The Bertz CT molecular complexity index is 1510. The van der Waals surface area contributed by atoms with E-state index in [2.05, 4.69) is 29.1 Å². The van der Waals surface area contributed by atoms with Crippen LogP contribution < -0.4 is 0 Å². The van der Waals surface area contributed by atoms with Crippen LogP contribution in [-0.2, 0) is 11.6 Å². The number of hydrogen-bond acceptors (Lipinski definition) is 3. The van der Waals surface area contributed by atoms with E-state index in [9.17, 15) is 22.4 Å². The average molecular weight is 494 g/mol. The second kappa shape index (κ2) is 7.62. The van der Waals surface area contributed by atoms with Crippen molar-refractivity contribution in [1.82, 2.24) is 19.7 Å². The molecule has 2 aliphatic rings. The molecule has 4 aromatic rings. The molecule has 2 aromatic heterocycles. The van der Waals surface area contributed by atoms with Gasteiger partial charge in [-0.1, -0.05) is 13.0 Å². The Kier molecular flexibility index (Phi) is 4.81. The number of carbonyl (C=O) groups excluding carboxylic acids is 1. The zero-order valence-electron chi connectivity index (χ0n) is 19.6. The molecule has 3 atom stereocenters. The fraction of sp³-hybridized carbons (Fsp3) is 0.296. The van der Waals surface area contributed by atoms with Gasteiger partial charge in [-0.25, -0.2) is 14.1 Å². The molecule has 36 heavy (non-hydrogen) atoms. The Morgan fingerprint density at radius 1 is 1.11 bits per heavy atom. The first-order valence-corrected chi connectivity index (χ1v) is 11.7. The maximum absolute atomic E-state index is 13.4. The predicted octanol–water partition coefficient (Wildman–Crippen LogP) is 5.55. The highest BCUT2D eigenvalue weighted by atomic mass is 19.4. The molecule has 0 N–H and O–H groups in total. The normalized spacial score (nSPS) is 23.2. The molecular weight excluding hydrogens is 472 g/mol. The molecule has 184 valence electrons. The summed E-state index contributed by atoms with van der Waals surface area (Å²) in [4.78, 5) is 18.3. The van der Waals surface area contributed by atoms with Crippen LogP contribution in [0.25, 0.3) is 16.6 Å². The second-order valence-corrected chi connectivity index (χ2v) is 9.79. The van der Waals surface area contributed by atoms with E-state index >= 15 is 0 Å². The van der Waals surface area contributed by atoms with Crippen LogP contribution in [0.2, 0.25) is 0 Å². The van der Waals surface area contributed by atoms with Gasteiger partial charge in [0.2, 0.25) is 0 Å². The summed E-state index contributed by atoms with van der Waals surface area (Å²) in [6.07, 6.45) is -2.84. The van der Waals surface area contributed by atoms with E-state index < -0.39 is 17.8 Å². The number of piperidine rings is 1. The summed E-state index contributed by atoms with van der Waals surface area (Å²) in [7, 11) is 0. The van der Waals surface area contributed by atoms with Gasteiger partial charge in [0, 0.05) is 23.9 Å². The number of hydrogen-bond donors (Lipinski definition) is 0. The summed E-state index contributed by atoms with van der Waals surface area (Å²) in [6.45, 7) is 5.07. The Hall–Kier alpha value is -3.75. The van der Waals surface area contributed by atoms with Crippen molar-refractivity contribution in [3.8, 4) is 5.69 Å². The second-order valence-electron chi connectivity index (χ2n) is 9.79. The zero-order valence-corrected chi connectivity index (χ0v) is 19.6. The summed E-state index contributed by atoms with van der Waals surface area (Å²) in [6, 6.07) is 13.7. The standard InChI is InChI=1S/C27H22F4N4O/c1-15-10-23-17(12-32-35(23)19-8-6-18(28)7-9-19)11-20(15)26-14-34(13-21(26)16(26)2)25(36)22-4-3-5-24(33-22)27(29,30)31/h3-12,16,21H,13-14H2,1-2H3/t16-,21-,26+/m1/s1. The Morgan fingerprint density at radius 2 is 1.86 bits per heavy atom. The number of halogens is 4. The lowest BCUT2D eigenvalue weighted by Gasteiger charge is -2.24. The average Bonchev–Trinajstić information content (AvgIpc) is 3.19. The van der Waals surface area contributed by atoms with Crippen LogP contribution >= 0.6 is 0 Å². The number of nitrogens with zero attached hydrogens (tertiary/aromatic N) is 4. The van der Waals surface area contributed by atoms with Crippen LogP contribution in [0.5, 0.6) is 0 Å². The van der Waals surface area contributed by atoms with Crippen molar-refractivity contribution in [2.24, 2.45) is 11.8 Å². The number of benzene rings is 2. The third-order valence-corrected chi connectivity index (χ3v) is 7.87. The van der Waals surface area contributed by atoms with Gasteiger partial charge in [-0.05, 0) is 78.4 Å². The number of aromatic nitrogens is 3. The van der Waals surface area contributed by atoms with Crippen LogP contribution in [-0.4, -0.2) is 38.7 Å². The Morgan fingerprint density at radius 3 is 2.58 bits per heavy atom. The van der Waals surface area contributed by atoms with Crippen molar-refractivity contribution in [2.75, 3.05) is 13.1 Å². The molecule has 1 saturated carbocycles. The fourth-order valence-corrected chi connectivity index (χ4v) is 5.95. The molecule has 6 rings (SSSR count). The fourth-order valence-electron chi connectivity index (χ4n) is 5.95. The Balaban J connectivity index is 1.32. The lowest BCUT2D eigenvalue weighted by atomic mass is 9.88. The molecule has 1 aliphatic heterocycles. The number of carbonyl (C=O) groups is 1. The van der Waals surface area contributed by atoms with Gasteiger partial charge in [0.1, 0.15) is 17.2 Å². The summed E-state index contributed by atoms with van der Waals surface area (Å²) in [5, 5.41) is 5.43. The van der Waals surface area contributed by atoms with E-state index in [1.165, 1.54) is 24.3 Å². The zero-order chi connectivity index (χ0) is 25.4. The van der Waals surface area contributed by atoms with E-state index in [-0.39, 0.29) is 22.8 Å². The number of likely N-dealkylation sites (tertiary alicyclic amines) is 1. The number of aryl methyl sites for hydroxylation is 1. The third kappa shape index (κ3) is 3.32. The van der Waals surface area contributed by atoms with Gasteiger partial charge in [0.25, 0.3) is 5.91 Å². The first-order valence-electron chi connectivity index (χ1n) is 11.7. The molecule has 9 heteroatoms. The van der Waals surface area contributed by atoms with Crippen molar-refractivity contribution in [3.05, 3.63) is 89.1 Å². The minimum atomic E-state index is -4.61. The summed E-state index contributed by atoms with van der Waals surface area (Å²) >= 11 is 0. The van der Waals surface area contributed by atoms with Crippen LogP contribution in [0.15, 0.2) is 60.8 Å². The quantitative estimate of drug-likeness (QED) is 0.351. The largest absolute Gasteiger partial charge is 0.433 e. The van der Waals surface area contributed by atoms with Crippen molar-refractivity contribution in [2.45, 2.75) is 25.4 Å². The summed E-state index contributed by atoms with van der Waals surface area (Å²) in [5.74, 6) is -0.250. The van der Waals surface area contributed by atoms with Gasteiger partial charge in [-0.3, -0.25) is 4.79 Å². The minimum Gasteiger partial charge on any atom is -0.336 e. The maximum atomic E-state index is 13.4. The molecule has 1 aliphatic carbocycles. The van der Waals surface area contributed by atoms with Gasteiger partial charge >= 0.3 is 6.18 Å². The SMILES string of the molecule is Cc1cc2c(cnn2-c2ccc(F)cc2)cc1[C@@]12CN(C(=O)c3cccc(C(F)(F)F)n3)C[C@@H]1[C@H]2C. The van der Waals surface area contributed by atoms with Gasteiger partial charge in [0.05, 0.1) is 17.4 Å². The van der Waals surface area contributed by atoms with Crippen molar-refractivity contribution in [1.29, 1.82) is 0 Å². The highest BCUT2D eigenvalue weighted by Crippen LogP contribution is 2.64. The first kappa shape index (κ1) is 22.7. The number of pyridine rings is 1. The van der Waals surface area contributed by atoms with Crippen LogP contribution in [0, 0.1) is 24.6 Å². The summed E-state index contributed by atoms with van der Waals surface area (Å²) in [5.41, 5.74) is 2.30. The molecule has 1 amide bonds. The number of amides is 1. The van der Waals surface area contributed by atoms with E-state index in [0.717, 1.165) is 33.8 Å². The number of rotatable bonds is 3. The minimum absolute atomic E-state index is 0.193. The van der Waals surface area contributed by atoms with Crippen molar-refractivity contribution < 1.29 is 22.4 Å². The topological polar surface area (TPSA) is 51.0 Å².